The van der Waals surface area contributed by atoms with Crippen molar-refractivity contribution in [3.8, 4) is 22.3 Å². The standard InChI is InChI=1S/C38H39N.C18H13Br2N.C10H15BO2/c1-37(2,3)32-20-12-28(13-21-32)30-16-24-35(25-17-30)39(34-10-8-7-9-11-34)36-26-18-31(19-27-36)29-14-22-33(23-15-29)38(4,5)6;19-14-6-10-17(11-7-14)21(16-4-2-1-3-5-16)18-12-8-15(20)9-13-18;1-10(2,3)8-4-6-9(7-5-8)11(12)13/h7-27H,1-6H3;1-13H;4-7,12-13H,1-3H3. The van der Waals surface area contributed by atoms with Crippen molar-refractivity contribution < 1.29 is 10.0 Å². The summed E-state index contributed by atoms with van der Waals surface area (Å²) in [5.74, 6) is 0. The lowest BCUT2D eigenvalue weighted by Crippen LogP contribution is -2.29. The van der Waals surface area contributed by atoms with Gasteiger partial charge in [-0.05, 0) is 158 Å². The van der Waals surface area contributed by atoms with Crippen molar-refractivity contribution in [1.29, 1.82) is 0 Å². The minimum Gasteiger partial charge on any atom is -0.423 e. The highest BCUT2D eigenvalue weighted by Gasteiger charge is 2.18. The van der Waals surface area contributed by atoms with E-state index in [0.717, 1.165) is 43.1 Å². The van der Waals surface area contributed by atoms with Gasteiger partial charge in [-0.1, -0.05) is 228 Å². The predicted octanol–water partition coefficient (Wildman–Crippen LogP) is 18.4. The predicted molar refractivity (Wildman–Crippen MR) is 321 cm³/mol. The first kappa shape index (κ1) is 54.3. The molecule has 0 aliphatic heterocycles. The number of para-hydroxylation sites is 2. The van der Waals surface area contributed by atoms with E-state index in [9.17, 15) is 0 Å². The third-order valence-electron chi connectivity index (χ3n) is 12.7. The molecule has 0 aromatic heterocycles. The van der Waals surface area contributed by atoms with Gasteiger partial charge in [-0.3, -0.25) is 0 Å². The van der Waals surface area contributed by atoms with Crippen LogP contribution in [0.2, 0.25) is 0 Å². The Bertz CT molecular complexity index is 2940. The van der Waals surface area contributed by atoms with Crippen LogP contribution in [0.4, 0.5) is 34.1 Å². The zero-order chi connectivity index (χ0) is 52.3. The van der Waals surface area contributed by atoms with E-state index >= 15 is 0 Å². The van der Waals surface area contributed by atoms with Gasteiger partial charge < -0.3 is 19.8 Å². The molecule has 0 amide bonds. The van der Waals surface area contributed by atoms with Crippen molar-refractivity contribution in [2.45, 2.75) is 78.6 Å². The molecule has 2 N–H and O–H groups in total. The summed E-state index contributed by atoms with van der Waals surface area (Å²) in [4.78, 5) is 4.55. The van der Waals surface area contributed by atoms with Crippen LogP contribution in [0.15, 0.2) is 239 Å². The van der Waals surface area contributed by atoms with Crippen molar-refractivity contribution in [3.63, 3.8) is 0 Å². The molecule has 0 fully saturated rings. The van der Waals surface area contributed by atoms with Gasteiger partial charge in [0.1, 0.15) is 0 Å². The van der Waals surface area contributed by atoms with E-state index in [2.05, 4.69) is 304 Å². The third-order valence-corrected chi connectivity index (χ3v) is 13.8. The first-order chi connectivity index (χ1) is 34.7. The van der Waals surface area contributed by atoms with E-state index in [4.69, 9.17) is 10.0 Å². The summed E-state index contributed by atoms with van der Waals surface area (Å²) >= 11 is 6.98. The fourth-order valence-electron chi connectivity index (χ4n) is 8.32. The first-order valence-electron chi connectivity index (χ1n) is 24.8. The molecule has 9 aromatic rings. The average molecular weight is 1090 g/mol. The van der Waals surface area contributed by atoms with E-state index < -0.39 is 7.12 Å². The summed E-state index contributed by atoms with van der Waals surface area (Å²) in [6.07, 6.45) is 0. The van der Waals surface area contributed by atoms with Gasteiger partial charge >= 0.3 is 7.12 Å². The van der Waals surface area contributed by atoms with Crippen LogP contribution in [0.3, 0.4) is 0 Å². The second-order valence-electron chi connectivity index (χ2n) is 21.3. The van der Waals surface area contributed by atoms with Crippen LogP contribution in [-0.2, 0) is 16.2 Å². The molecule has 7 heteroatoms. The number of benzene rings is 9. The van der Waals surface area contributed by atoms with Crippen LogP contribution in [0.1, 0.15) is 79.0 Å². The van der Waals surface area contributed by atoms with Crippen molar-refractivity contribution in [3.05, 3.63) is 256 Å². The van der Waals surface area contributed by atoms with Gasteiger partial charge in [0.25, 0.3) is 0 Å². The van der Waals surface area contributed by atoms with Gasteiger partial charge in [0.2, 0.25) is 0 Å². The normalized spacial score (nSPS) is 11.4. The molecule has 0 atom stereocenters. The molecule has 73 heavy (non-hydrogen) atoms. The fourth-order valence-corrected chi connectivity index (χ4v) is 8.84. The van der Waals surface area contributed by atoms with Crippen LogP contribution in [0, 0.1) is 0 Å². The zero-order valence-electron chi connectivity index (χ0n) is 43.6. The highest BCUT2D eigenvalue weighted by molar-refractivity contribution is 9.10. The molecule has 0 heterocycles. The van der Waals surface area contributed by atoms with Crippen LogP contribution in [-0.4, -0.2) is 17.2 Å². The van der Waals surface area contributed by atoms with Gasteiger partial charge in [-0.2, -0.15) is 0 Å². The fraction of sp³-hybridized carbons (Fsp3) is 0.182. The van der Waals surface area contributed by atoms with E-state index in [1.165, 1.54) is 38.9 Å². The van der Waals surface area contributed by atoms with Crippen LogP contribution in [0.25, 0.3) is 22.3 Å². The molecule has 0 unspecified atom stereocenters. The summed E-state index contributed by atoms with van der Waals surface area (Å²) in [5, 5.41) is 17.7. The van der Waals surface area contributed by atoms with Gasteiger partial charge in [-0.15, -0.1) is 0 Å². The number of nitrogens with zero attached hydrogens (tertiary/aromatic N) is 2. The molecule has 0 radical (unpaired) electrons. The highest BCUT2D eigenvalue weighted by Crippen LogP contribution is 2.38. The monoisotopic (exact) mass is 1090 g/mol. The molecule has 4 nitrogen and oxygen atoms in total. The van der Waals surface area contributed by atoms with Gasteiger partial charge in [-0.25, -0.2) is 0 Å². The van der Waals surface area contributed by atoms with E-state index in [1.54, 1.807) is 12.1 Å². The molecule has 0 saturated heterocycles. The van der Waals surface area contributed by atoms with Crippen molar-refractivity contribution in [2.24, 2.45) is 0 Å². The molecular formula is C66H67BBr2N2O2. The minimum absolute atomic E-state index is 0.110. The van der Waals surface area contributed by atoms with Gasteiger partial charge in [0, 0.05) is 43.1 Å². The smallest absolute Gasteiger partial charge is 0.423 e. The summed E-state index contributed by atoms with van der Waals surface area (Å²) in [6, 6.07) is 80.7. The van der Waals surface area contributed by atoms with E-state index in [-0.39, 0.29) is 16.2 Å². The minimum atomic E-state index is -1.37. The Balaban J connectivity index is 0.000000190. The van der Waals surface area contributed by atoms with Gasteiger partial charge in [0.05, 0.1) is 0 Å². The van der Waals surface area contributed by atoms with E-state index in [1.807, 2.05) is 18.2 Å². The number of hydrogen-bond acceptors (Lipinski definition) is 4. The topological polar surface area (TPSA) is 46.9 Å². The maximum Gasteiger partial charge on any atom is 0.488 e. The number of halogens is 2. The summed E-state index contributed by atoms with van der Waals surface area (Å²) in [6.45, 7) is 19.9. The Labute approximate surface area is 452 Å². The second-order valence-corrected chi connectivity index (χ2v) is 23.1. The summed E-state index contributed by atoms with van der Waals surface area (Å²) < 4.78 is 2.16. The first-order valence-corrected chi connectivity index (χ1v) is 26.4. The molecule has 0 aliphatic carbocycles. The van der Waals surface area contributed by atoms with E-state index in [0.29, 0.717) is 5.46 Å². The quantitative estimate of drug-likeness (QED) is 0.141. The summed E-state index contributed by atoms with van der Waals surface area (Å²) in [7, 11) is -1.37. The molecule has 9 rings (SSSR count). The van der Waals surface area contributed by atoms with Crippen molar-refractivity contribution in [1.82, 2.24) is 0 Å². The molecule has 9 aromatic carbocycles. The second kappa shape index (κ2) is 24.0. The molecule has 0 spiro atoms. The molecular weight excluding hydrogens is 1020 g/mol. The van der Waals surface area contributed by atoms with Crippen molar-refractivity contribution in [2.75, 3.05) is 9.80 Å². The van der Waals surface area contributed by atoms with Gasteiger partial charge in [0.15, 0.2) is 0 Å². The largest absolute Gasteiger partial charge is 0.488 e. The Hall–Kier alpha value is -6.48. The molecule has 0 saturated carbocycles. The zero-order valence-corrected chi connectivity index (χ0v) is 46.7. The Morgan fingerprint density at radius 2 is 0.507 bits per heavy atom. The lowest BCUT2D eigenvalue weighted by Gasteiger charge is -2.26. The Morgan fingerprint density at radius 1 is 0.288 bits per heavy atom. The Kier molecular flexibility index (Phi) is 17.9. The molecule has 0 aliphatic rings. The number of anilines is 6. The maximum absolute atomic E-state index is 8.87. The Morgan fingerprint density at radius 3 is 0.753 bits per heavy atom. The SMILES string of the molecule is Brc1ccc(N(c2ccccc2)c2ccc(Br)cc2)cc1.CC(C)(C)c1ccc(-c2ccc(N(c3ccccc3)c3ccc(-c4ccc(C(C)(C)C)cc4)cc3)cc2)cc1.CC(C)(C)c1ccc(B(O)O)cc1. The third kappa shape index (κ3) is 14.8. The van der Waals surface area contributed by atoms with Crippen molar-refractivity contribution >= 4 is 78.6 Å². The lowest BCUT2D eigenvalue weighted by molar-refractivity contribution is 0.425. The highest BCUT2D eigenvalue weighted by atomic mass is 79.9. The van der Waals surface area contributed by atoms with Crippen LogP contribution in [0.5, 0.6) is 0 Å². The number of hydrogen-bond donors (Lipinski definition) is 2. The molecule has 0 bridgehead atoms. The number of rotatable bonds is 9. The molecule has 370 valence electrons. The van der Waals surface area contributed by atoms with Crippen LogP contribution >= 0.6 is 31.9 Å². The summed E-state index contributed by atoms with van der Waals surface area (Å²) in [5.41, 5.74) is 16.6. The average Bonchev–Trinajstić information content (AvgIpc) is 3.38. The maximum atomic E-state index is 8.87. The van der Waals surface area contributed by atoms with Crippen LogP contribution < -0.4 is 15.3 Å². The lowest BCUT2D eigenvalue weighted by atomic mass is 9.78.